The molecule has 1 N–H and O–H groups in total. The van der Waals surface area contributed by atoms with Crippen molar-refractivity contribution in [2.24, 2.45) is 0 Å². The quantitative estimate of drug-likeness (QED) is 0.266. The first-order valence-corrected chi connectivity index (χ1v) is 12.0. The minimum atomic E-state index is -0.248. The number of urea groups is 1. The minimum Gasteiger partial charge on any atom is -0.493 e. The van der Waals surface area contributed by atoms with E-state index in [0.717, 1.165) is 16.8 Å². The lowest BCUT2D eigenvalue weighted by Gasteiger charge is -2.24. The minimum absolute atomic E-state index is 0.248. The van der Waals surface area contributed by atoms with Crippen LogP contribution < -0.4 is 14.8 Å². The van der Waals surface area contributed by atoms with E-state index < -0.39 is 0 Å². The lowest BCUT2D eigenvalue weighted by atomic mass is 10.1. The normalized spacial score (nSPS) is 10.5. The van der Waals surface area contributed by atoms with E-state index in [-0.39, 0.29) is 6.03 Å². The number of halogens is 1. The molecule has 0 unspecified atom stereocenters. The van der Waals surface area contributed by atoms with Gasteiger partial charge in [-0.2, -0.15) is 0 Å². The van der Waals surface area contributed by atoms with Crippen LogP contribution in [0.15, 0.2) is 97.2 Å². The van der Waals surface area contributed by atoms with Crippen LogP contribution in [0.3, 0.4) is 0 Å². The lowest BCUT2D eigenvalue weighted by Crippen LogP contribution is -2.36. The molecule has 0 bridgehead atoms. The second kappa shape index (κ2) is 12.6. The standard InChI is InChI=1S/C29H28ClN3O3/c1-35-28-19-23(14-15-27(28)36-21-22-9-3-2-4-10-22)20-33(18-16-24-11-7-8-17-31-24)29(34)32-26-13-6-5-12-25(26)30/h2-15,17,19H,16,18,20-21H2,1H3,(H,32,34). The highest BCUT2D eigenvalue weighted by Crippen LogP contribution is 2.30. The molecule has 2 amide bonds. The monoisotopic (exact) mass is 501 g/mol. The lowest BCUT2D eigenvalue weighted by molar-refractivity contribution is 0.209. The number of nitrogens with one attached hydrogen (secondary N) is 1. The predicted molar refractivity (Wildman–Crippen MR) is 143 cm³/mol. The Kier molecular flexibility index (Phi) is 8.78. The number of benzene rings is 3. The van der Waals surface area contributed by atoms with Crippen molar-refractivity contribution in [1.29, 1.82) is 0 Å². The van der Waals surface area contributed by atoms with Gasteiger partial charge in [0.2, 0.25) is 0 Å². The summed E-state index contributed by atoms with van der Waals surface area (Å²) in [5, 5.41) is 3.41. The summed E-state index contributed by atoms with van der Waals surface area (Å²) in [5.74, 6) is 1.25. The first-order valence-electron chi connectivity index (χ1n) is 11.7. The van der Waals surface area contributed by atoms with E-state index in [4.69, 9.17) is 21.1 Å². The Morgan fingerprint density at radius 3 is 2.44 bits per heavy atom. The number of nitrogens with zero attached hydrogens (tertiary/aromatic N) is 2. The van der Waals surface area contributed by atoms with E-state index in [1.807, 2.05) is 78.9 Å². The number of anilines is 1. The number of methoxy groups -OCH3 is 1. The largest absolute Gasteiger partial charge is 0.493 e. The molecular weight excluding hydrogens is 474 g/mol. The predicted octanol–water partition coefficient (Wildman–Crippen LogP) is 6.60. The first-order chi connectivity index (χ1) is 17.6. The smallest absolute Gasteiger partial charge is 0.322 e. The Morgan fingerprint density at radius 1 is 0.917 bits per heavy atom. The number of carbonyl (C=O) groups excluding carboxylic acids is 1. The molecule has 4 aromatic rings. The molecule has 0 saturated carbocycles. The van der Waals surface area contributed by atoms with Gasteiger partial charge in [0, 0.05) is 31.4 Å². The Balaban J connectivity index is 1.49. The van der Waals surface area contributed by atoms with E-state index >= 15 is 0 Å². The van der Waals surface area contributed by atoms with Crippen LogP contribution in [0, 0.1) is 0 Å². The summed E-state index contributed by atoms with van der Waals surface area (Å²) in [6.07, 6.45) is 2.37. The van der Waals surface area contributed by atoms with Crippen molar-refractivity contribution in [3.05, 3.63) is 119 Å². The highest BCUT2D eigenvalue weighted by atomic mass is 35.5. The van der Waals surface area contributed by atoms with Gasteiger partial charge < -0.3 is 19.7 Å². The summed E-state index contributed by atoms with van der Waals surface area (Å²) >= 11 is 6.26. The third-order valence-electron chi connectivity index (χ3n) is 5.61. The molecule has 0 aliphatic carbocycles. The molecule has 184 valence electrons. The molecule has 6 nitrogen and oxygen atoms in total. The van der Waals surface area contributed by atoms with Crippen LogP contribution in [0.5, 0.6) is 11.5 Å². The Labute approximate surface area is 216 Å². The highest BCUT2D eigenvalue weighted by molar-refractivity contribution is 6.33. The van der Waals surface area contributed by atoms with Gasteiger partial charge in [0.15, 0.2) is 11.5 Å². The van der Waals surface area contributed by atoms with Gasteiger partial charge in [0.25, 0.3) is 0 Å². The zero-order valence-electron chi connectivity index (χ0n) is 20.1. The Morgan fingerprint density at radius 2 is 1.69 bits per heavy atom. The molecule has 4 rings (SSSR count). The SMILES string of the molecule is COc1cc(CN(CCc2ccccn2)C(=O)Nc2ccccc2Cl)ccc1OCc1ccccc1. The molecule has 0 spiro atoms. The fourth-order valence-corrected chi connectivity index (χ4v) is 3.87. The summed E-state index contributed by atoms with van der Waals surface area (Å²) < 4.78 is 11.6. The maximum Gasteiger partial charge on any atom is 0.322 e. The van der Waals surface area contributed by atoms with Crippen LogP contribution in [0.2, 0.25) is 5.02 Å². The zero-order valence-corrected chi connectivity index (χ0v) is 20.8. The van der Waals surface area contributed by atoms with Gasteiger partial charge in [0.05, 0.1) is 17.8 Å². The van der Waals surface area contributed by atoms with Gasteiger partial charge in [-0.05, 0) is 47.5 Å². The second-order valence-electron chi connectivity index (χ2n) is 8.16. The van der Waals surface area contributed by atoms with E-state index in [9.17, 15) is 4.79 Å². The molecule has 0 aliphatic rings. The van der Waals surface area contributed by atoms with Crippen LogP contribution in [-0.2, 0) is 19.6 Å². The van der Waals surface area contributed by atoms with Crippen LogP contribution in [-0.4, -0.2) is 29.6 Å². The first kappa shape index (κ1) is 25.1. The Bertz CT molecular complexity index is 1270. The van der Waals surface area contributed by atoms with E-state index in [1.54, 1.807) is 30.3 Å². The van der Waals surface area contributed by atoms with Gasteiger partial charge in [-0.1, -0.05) is 66.2 Å². The van der Waals surface area contributed by atoms with Crippen molar-refractivity contribution < 1.29 is 14.3 Å². The third-order valence-corrected chi connectivity index (χ3v) is 5.93. The number of para-hydroxylation sites is 1. The topological polar surface area (TPSA) is 63.7 Å². The molecule has 3 aromatic carbocycles. The maximum absolute atomic E-state index is 13.3. The molecule has 36 heavy (non-hydrogen) atoms. The molecule has 7 heteroatoms. The molecule has 0 radical (unpaired) electrons. The summed E-state index contributed by atoms with van der Waals surface area (Å²) in [6.45, 7) is 1.29. The zero-order chi connectivity index (χ0) is 25.2. The number of hydrogen-bond donors (Lipinski definition) is 1. The van der Waals surface area contributed by atoms with Crippen molar-refractivity contribution in [2.75, 3.05) is 19.0 Å². The van der Waals surface area contributed by atoms with Crippen molar-refractivity contribution in [3.8, 4) is 11.5 Å². The van der Waals surface area contributed by atoms with E-state index in [0.29, 0.717) is 48.3 Å². The maximum atomic E-state index is 13.3. The van der Waals surface area contributed by atoms with Crippen molar-refractivity contribution in [3.63, 3.8) is 0 Å². The van der Waals surface area contributed by atoms with Gasteiger partial charge in [-0.15, -0.1) is 0 Å². The molecule has 0 atom stereocenters. The third kappa shape index (κ3) is 6.99. The number of aromatic nitrogens is 1. The summed E-state index contributed by atoms with van der Waals surface area (Å²) in [5.41, 5.74) is 3.46. The van der Waals surface area contributed by atoms with Crippen LogP contribution in [0.1, 0.15) is 16.8 Å². The van der Waals surface area contributed by atoms with Crippen molar-refractivity contribution >= 4 is 23.3 Å². The van der Waals surface area contributed by atoms with Gasteiger partial charge in [-0.3, -0.25) is 4.98 Å². The molecular formula is C29H28ClN3O3. The number of pyridine rings is 1. The highest BCUT2D eigenvalue weighted by Gasteiger charge is 2.17. The summed E-state index contributed by atoms with van der Waals surface area (Å²) in [4.78, 5) is 19.4. The number of ether oxygens (including phenoxy) is 2. The van der Waals surface area contributed by atoms with Gasteiger partial charge in [0.1, 0.15) is 6.61 Å². The Hall–Kier alpha value is -4.03. The van der Waals surface area contributed by atoms with Gasteiger partial charge >= 0.3 is 6.03 Å². The summed E-state index contributed by atoms with van der Waals surface area (Å²) in [7, 11) is 1.61. The van der Waals surface area contributed by atoms with E-state index in [2.05, 4.69) is 10.3 Å². The van der Waals surface area contributed by atoms with Crippen molar-refractivity contribution in [1.82, 2.24) is 9.88 Å². The number of rotatable bonds is 10. The van der Waals surface area contributed by atoms with Crippen molar-refractivity contribution in [2.45, 2.75) is 19.6 Å². The number of hydrogen-bond acceptors (Lipinski definition) is 4. The molecule has 1 aromatic heterocycles. The fraction of sp³-hybridized carbons (Fsp3) is 0.172. The second-order valence-corrected chi connectivity index (χ2v) is 8.57. The van der Waals surface area contributed by atoms with Crippen LogP contribution >= 0.6 is 11.6 Å². The molecule has 0 fully saturated rings. The molecule has 0 saturated heterocycles. The average Bonchev–Trinajstić information content (AvgIpc) is 2.92. The molecule has 0 aliphatic heterocycles. The van der Waals surface area contributed by atoms with Gasteiger partial charge in [-0.25, -0.2) is 4.79 Å². The summed E-state index contributed by atoms with van der Waals surface area (Å²) in [6, 6.07) is 28.4. The van der Waals surface area contributed by atoms with E-state index in [1.165, 1.54) is 0 Å². The number of carbonyl (C=O) groups is 1. The number of amides is 2. The average molecular weight is 502 g/mol. The van der Waals surface area contributed by atoms with Crippen LogP contribution in [0.4, 0.5) is 10.5 Å². The molecule has 1 heterocycles. The fourth-order valence-electron chi connectivity index (χ4n) is 3.69. The van der Waals surface area contributed by atoms with Crippen LogP contribution in [0.25, 0.3) is 0 Å².